The Morgan fingerprint density at radius 2 is 2.00 bits per heavy atom. The van der Waals surface area contributed by atoms with E-state index in [2.05, 4.69) is 20.9 Å². The molecule has 1 aliphatic rings. The first-order valence-corrected chi connectivity index (χ1v) is 8.47. The fourth-order valence-electron chi connectivity index (χ4n) is 2.91. The summed E-state index contributed by atoms with van der Waals surface area (Å²) in [5.41, 5.74) is 1.26. The van der Waals surface area contributed by atoms with Crippen LogP contribution >= 0.6 is 11.6 Å². The molecule has 1 fully saturated rings. The summed E-state index contributed by atoms with van der Waals surface area (Å²) in [7, 11) is 1.59. The van der Waals surface area contributed by atoms with Crippen LogP contribution in [-0.4, -0.2) is 36.3 Å². The number of hydrogen-bond donors (Lipinski definition) is 0. The highest BCUT2D eigenvalue weighted by molar-refractivity contribution is 6.32. The van der Waals surface area contributed by atoms with E-state index < -0.39 is 0 Å². The first-order chi connectivity index (χ1) is 12.1. The Bertz CT molecular complexity index is 781. The van der Waals surface area contributed by atoms with Crippen LogP contribution in [0.25, 0.3) is 0 Å². The molecule has 0 radical (unpaired) electrons. The van der Waals surface area contributed by atoms with Gasteiger partial charge >= 0.3 is 0 Å². The van der Waals surface area contributed by atoms with Gasteiger partial charge in [-0.25, -0.2) is 9.97 Å². The van der Waals surface area contributed by atoms with Crippen LogP contribution < -0.4 is 14.4 Å². The predicted octanol–water partition coefficient (Wildman–Crippen LogP) is 3.37. The van der Waals surface area contributed by atoms with Crippen LogP contribution in [0.2, 0.25) is 5.02 Å². The van der Waals surface area contributed by atoms with E-state index in [-0.39, 0.29) is 6.10 Å². The molecule has 0 aliphatic carbocycles. The minimum absolute atomic E-state index is 0.139. The molecular weight excluding hydrogens is 340 g/mol. The van der Waals surface area contributed by atoms with Gasteiger partial charge in [0.25, 0.3) is 0 Å². The van der Waals surface area contributed by atoms with Gasteiger partial charge in [-0.1, -0.05) is 11.6 Å². The van der Waals surface area contributed by atoms with Gasteiger partial charge in [0.1, 0.15) is 23.7 Å². The third-order valence-corrected chi connectivity index (χ3v) is 4.79. The summed E-state index contributed by atoms with van der Waals surface area (Å²) in [6.45, 7) is 3.55. The zero-order valence-electron chi connectivity index (χ0n) is 14.2. The van der Waals surface area contributed by atoms with Gasteiger partial charge in [-0.15, -0.1) is 0 Å². The average Bonchev–Trinajstić information content (AvgIpc) is 2.65. The molecular formula is C18H19ClN4O2. The van der Waals surface area contributed by atoms with Crippen molar-refractivity contribution in [1.82, 2.24) is 9.97 Å². The summed E-state index contributed by atoms with van der Waals surface area (Å²) in [5.74, 6) is 2.16. The molecule has 25 heavy (non-hydrogen) atoms. The molecule has 3 heterocycles. The lowest BCUT2D eigenvalue weighted by molar-refractivity contribution is 0.170. The maximum Gasteiger partial charge on any atom is 0.213 e. The second-order valence-corrected chi connectivity index (χ2v) is 6.26. The van der Waals surface area contributed by atoms with Gasteiger partial charge in [-0.2, -0.15) is 5.26 Å². The number of nitrogens with zero attached hydrogens (tertiary/aromatic N) is 4. The lowest BCUT2D eigenvalue weighted by atomic mass is 10.1. The molecule has 0 unspecified atom stereocenters. The highest BCUT2D eigenvalue weighted by atomic mass is 35.5. The molecule has 0 aromatic carbocycles. The first kappa shape index (κ1) is 17.3. The second kappa shape index (κ2) is 7.58. The average molecular weight is 359 g/mol. The maximum atomic E-state index is 9.03. The minimum atomic E-state index is 0.139. The lowest BCUT2D eigenvalue weighted by Crippen LogP contribution is -2.39. The minimum Gasteiger partial charge on any atom is -0.489 e. The number of anilines is 1. The van der Waals surface area contributed by atoms with Crippen molar-refractivity contribution in [3.05, 3.63) is 40.7 Å². The topological polar surface area (TPSA) is 71.3 Å². The van der Waals surface area contributed by atoms with E-state index in [0.717, 1.165) is 43.1 Å². The highest BCUT2D eigenvalue weighted by Gasteiger charge is 2.23. The molecule has 1 aliphatic heterocycles. The zero-order valence-corrected chi connectivity index (χ0v) is 15.0. The molecule has 7 heteroatoms. The van der Waals surface area contributed by atoms with E-state index in [0.29, 0.717) is 16.5 Å². The van der Waals surface area contributed by atoms with Crippen LogP contribution in [0, 0.1) is 18.3 Å². The summed E-state index contributed by atoms with van der Waals surface area (Å²) in [6, 6.07) is 5.71. The number of ether oxygens (including phenoxy) is 2. The SMILES string of the molecule is COc1ccc(OC2CCN(c3ncc(C#N)c(Cl)c3C)CC2)cn1. The van der Waals surface area contributed by atoms with Gasteiger partial charge in [0, 0.05) is 43.8 Å². The fraction of sp³-hybridized carbons (Fsp3) is 0.389. The van der Waals surface area contributed by atoms with Crippen molar-refractivity contribution >= 4 is 17.4 Å². The number of aromatic nitrogens is 2. The Morgan fingerprint density at radius 3 is 2.60 bits per heavy atom. The maximum absolute atomic E-state index is 9.03. The van der Waals surface area contributed by atoms with Crippen LogP contribution in [0.15, 0.2) is 24.5 Å². The van der Waals surface area contributed by atoms with Gasteiger partial charge in [-0.3, -0.25) is 0 Å². The van der Waals surface area contributed by atoms with E-state index in [9.17, 15) is 0 Å². The number of nitriles is 1. The van der Waals surface area contributed by atoms with Gasteiger partial charge in [0.15, 0.2) is 0 Å². The Balaban J connectivity index is 1.62. The van der Waals surface area contributed by atoms with Crippen molar-refractivity contribution in [2.75, 3.05) is 25.1 Å². The molecule has 3 rings (SSSR count). The molecule has 0 spiro atoms. The van der Waals surface area contributed by atoms with Crippen LogP contribution in [0.1, 0.15) is 24.0 Å². The quantitative estimate of drug-likeness (QED) is 0.834. The highest BCUT2D eigenvalue weighted by Crippen LogP contribution is 2.29. The number of rotatable bonds is 4. The molecule has 2 aromatic rings. The molecule has 0 amide bonds. The van der Waals surface area contributed by atoms with Crippen molar-refractivity contribution < 1.29 is 9.47 Å². The monoisotopic (exact) mass is 358 g/mol. The standard InChI is InChI=1S/C18H19ClN4O2/c1-12-17(19)13(9-20)10-22-18(12)23-7-5-14(6-8-23)25-15-3-4-16(24-2)21-11-15/h3-4,10-11,14H,5-8H2,1-2H3. The molecule has 0 atom stereocenters. The smallest absolute Gasteiger partial charge is 0.213 e. The first-order valence-electron chi connectivity index (χ1n) is 8.09. The molecule has 130 valence electrons. The fourth-order valence-corrected chi connectivity index (χ4v) is 3.09. The van der Waals surface area contributed by atoms with Crippen LogP contribution in [0.3, 0.4) is 0 Å². The second-order valence-electron chi connectivity index (χ2n) is 5.89. The molecule has 2 aromatic heterocycles. The summed E-state index contributed by atoms with van der Waals surface area (Å²) >= 11 is 6.25. The van der Waals surface area contributed by atoms with Gasteiger partial charge in [-0.05, 0) is 13.0 Å². The zero-order chi connectivity index (χ0) is 17.8. The summed E-state index contributed by atoms with van der Waals surface area (Å²) in [5, 5.41) is 9.52. The third kappa shape index (κ3) is 3.77. The van der Waals surface area contributed by atoms with E-state index in [1.54, 1.807) is 19.4 Å². The Hall–Kier alpha value is -2.52. The van der Waals surface area contributed by atoms with E-state index >= 15 is 0 Å². The van der Waals surface area contributed by atoms with Gasteiger partial charge in [0.2, 0.25) is 5.88 Å². The third-order valence-electron chi connectivity index (χ3n) is 4.30. The van der Waals surface area contributed by atoms with Crippen molar-refractivity contribution in [3.63, 3.8) is 0 Å². The van der Waals surface area contributed by atoms with E-state index in [4.69, 9.17) is 26.3 Å². The lowest BCUT2D eigenvalue weighted by Gasteiger charge is -2.33. The number of pyridine rings is 2. The summed E-state index contributed by atoms with van der Waals surface area (Å²) in [6.07, 6.45) is 5.11. The number of piperidine rings is 1. The molecule has 6 nitrogen and oxygen atoms in total. The van der Waals surface area contributed by atoms with Crippen molar-refractivity contribution in [2.45, 2.75) is 25.9 Å². The largest absolute Gasteiger partial charge is 0.489 e. The Kier molecular flexibility index (Phi) is 5.25. The Morgan fingerprint density at radius 1 is 1.24 bits per heavy atom. The van der Waals surface area contributed by atoms with Crippen molar-refractivity contribution in [2.24, 2.45) is 0 Å². The molecule has 0 N–H and O–H groups in total. The number of methoxy groups -OCH3 is 1. The molecule has 0 bridgehead atoms. The van der Waals surface area contributed by atoms with Crippen LogP contribution in [0.4, 0.5) is 5.82 Å². The Labute approximate surface area is 152 Å². The summed E-state index contributed by atoms with van der Waals surface area (Å²) in [4.78, 5) is 10.8. The van der Waals surface area contributed by atoms with E-state index in [1.807, 2.05) is 13.0 Å². The van der Waals surface area contributed by atoms with Crippen LogP contribution in [-0.2, 0) is 0 Å². The van der Waals surface area contributed by atoms with Crippen molar-refractivity contribution in [3.8, 4) is 17.7 Å². The van der Waals surface area contributed by atoms with Crippen LogP contribution in [0.5, 0.6) is 11.6 Å². The normalized spacial score (nSPS) is 14.9. The van der Waals surface area contributed by atoms with Gasteiger partial charge in [0.05, 0.1) is 23.9 Å². The molecule has 0 saturated carbocycles. The molecule has 1 saturated heterocycles. The number of halogens is 1. The number of hydrogen-bond acceptors (Lipinski definition) is 6. The van der Waals surface area contributed by atoms with Gasteiger partial charge < -0.3 is 14.4 Å². The summed E-state index contributed by atoms with van der Waals surface area (Å²) < 4.78 is 11.0. The van der Waals surface area contributed by atoms with E-state index in [1.165, 1.54) is 6.20 Å². The predicted molar refractivity (Wildman–Crippen MR) is 95.4 cm³/mol. The van der Waals surface area contributed by atoms with Crippen molar-refractivity contribution in [1.29, 1.82) is 5.26 Å².